The highest BCUT2D eigenvalue weighted by atomic mass is 32.1. The molecule has 1 aromatic carbocycles. The van der Waals surface area contributed by atoms with Crippen molar-refractivity contribution < 1.29 is 18.6 Å². The number of nitrogens with one attached hydrogen (secondary N) is 1. The van der Waals surface area contributed by atoms with Crippen LogP contribution >= 0.6 is 11.3 Å². The molecule has 4 rings (SSSR count). The number of carbonyl (C=O) groups excluding carboxylic acids is 1. The zero-order valence-electron chi connectivity index (χ0n) is 16.7. The van der Waals surface area contributed by atoms with Gasteiger partial charge in [0.2, 0.25) is 5.91 Å². The van der Waals surface area contributed by atoms with Gasteiger partial charge < -0.3 is 14.2 Å². The van der Waals surface area contributed by atoms with Crippen LogP contribution < -0.4 is 11.1 Å². The minimum Gasteiger partial charge on any atom is -0.466 e. The molecule has 11 heteroatoms. The van der Waals surface area contributed by atoms with Crippen molar-refractivity contribution in [2.45, 2.75) is 33.2 Å². The van der Waals surface area contributed by atoms with Crippen LogP contribution in [0.4, 0.5) is 10.8 Å². The van der Waals surface area contributed by atoms with E-state index in [1.54, 1.807) is 0 Å². The minimum atomic E-state index is -0.619. The maximum absolute atomic E-state index is 12.3. The summed E-state index contributed by atoms with van der Waals surface area (Å²) in [5.74, 6) is 0.718. The monoisotopic (exact) mass is 442 g/mol. The van der Waals surface area contributed by atoms with Crippen molar-refractivity contribution in [1.82, 2.24) is 9.55 Å². The van der Waals surface area contributed by atoms with Crippen LogP contribution in [0.5, 0.6) is 0 Å². The fourth-order valence-electron chi connectivity index (χ4n) is 3.30. The Morgan fingerprint density at radius 2 is 2.10 bits per heavy atom. The van der Waals surface area contributed by atoms with Crippen LogP contribution in [0, 0.1) is 24.0 Å². The number of fused-ring (bicyclic) bond motifs is 1. The van der Waals surface area contributed by atoms with Crippen molar-refractivity contribution in [2.75, 3.05) is 5.32 Å². The van der Waals surface area contributed by atoms with E-state index in [0.717, 1.165) is 22.8 Å². The summed E-state index contributed by atoms with van der Waals surface area (Å²) >= 11 is 1.32. The van der Waals surface area contributed by atoms with Gasteiger partial charge in [-0.05, 0) is 32.4 Å². The van der Waals surface area contributed by atoms with E-state index >= 15 is 0 Å². The van der Waals surface area contributed by atoms with Crippen molar-refractivity contribution in [1.29, 1.82) is 0 Å². The number of oxazole rings is 1. The third-order valence-corrected chi connectivity index (χ3v) is 5.47. The first-order chi connectivity index (χ1) is 14.8. The Kier molecular flexibility index (Phi) is 5.42. The lowest BCUT2D eigenvalue weighted by Crippen LogP contribution is -2.17. The normalized spacial score (nSPS) is 11.2. The number of anilines is 1. The molecule has 0 aliphatic rings. The number of aryl methyl sites for hydroxylation is 3. The van der Waals surface area contributed by atoms with E-state index in [-0.39, 0.29) is 30.1 Å². The Morgan fingerprint density at radius 1 is 1.29 bits per heavy atom. The molecule has 10 nitrogen and oxygen atoms in total. The van der Waals surface area contributed by atoms with Gasteiger partial charge in [-0.15, -0.1) is 11.3 Å². The molecule has 3 aromatic heterocycles. The fourth-order valence-corrected chi connectivity index (χ4v) is 4.03. The molecule has 1 N–H and O–H groups in total. The first-order valence-corrected chi connectivity index (χ1v) is 10.3. The van der Waals surface area contributed by atoms with Gasteiger partial charge in [-0.25, -0.2) is 9.78 Å². The number of rotatable bonds is 7. The molecule has 4 aromatic rings. The lowest BCUT2D eigenvalue weighted by molar-refractivity contribution is -0.384. The Bertz CT molecular complexity index is 1350. The molecule has 3 heterocycles. The maximum atomic E-state index is 12.3. The molecule has 0 bridgehead atoms. The maximum Gasteiger partial charge on any atom is 0.419 e. The quantitative estimate of drug-likeness (QED) is 0.334. The first kappa shape index (κ1) is 20.5. The molecule has 0 saturated carbocycles. The van der Waals surface area contributed by atoms with Crippen LogP contribution in [0.25, 0.3) is 22.4 Å². The van der Waals surface area contributed by atoms with Gasteiger partial charge in [0.1, 0.15) is 11.5 Å². The largest absolute Gasteiger partial charge is 0.466 e. The van der Waals surface area contributed by atoms with E-state index in [0.29, 0.717) is 17.1 Å². The molecule has 0 atom stereocenters. The lowest BCUT2D eigenvalue weighted by Gasteiger charge is -2.03. The molecule has 0 radical (unpaired) electrons. The van der Waals surface area contributed by atoms with Crippen molar-refractivity contribution in [3.63, 3.8) is 0 Å². The SMILES string of the molecule is Cc1cc(-c2csc(NC(=O)CCCn3c(=O)oc4cc([N+](=O)[O-])ccc43)n2)c(C)o1. The molecule has 0 aliphatic carbocycles. The highest BCUT2D eigenvalue weighted by Gasteiger charge is 2.15. The molecule has 0 unspecified atom stereocenters. The standard InChI is InChI=1S/C20H18N4O6S/c1-11-8-14(12(2)29-11)15-10-31-19(21-15)22-18(25)4-3-7-23-16-6-5-13(24(27)28)9-17(16)30-20(23)26/h5-6,8-10H,3-4,7H2,1-2H3,(H,21,22,25). The number of hydrogen-bond acceptors (Lipinski definition) is 8. The molecule has 0 fully saturated rings. The number of nitro groups is 1. The number of aromatic nitrogens is 2. The summed E-state index contributed by atoms with van der Waals surface area (Å²) < 4.78 is 12.0. The van der Waals surface area contributed by atoms with E-state index < -0.39 is 10.7 Å². The van der Waals surface area contributed by atoms with Crippen LogP contribution in [0.1, 0.15) is 24.4 Å². The number of hydrogen-bond donors (Lipinski definition) is 1. The Labute approximate surface area is 179 Å². The number of benzene rings is 1. The van der Waals surface area contributed by atoms with Gasteiger partial charge in [0.25, 0.3) is 5.69 Å². The zero-order valence-corrected chi connectivity index (χ0v) is 17.5. The van der Waals surface area contributed by atoms with Gasteiger partial charge in [0.05, 0.1) is 22.2 Å². The number of amides is 1. The van der Waals surface area contributed by atoms with Gasteiger partial charge in [-0.1, -0.05) is 0 Å². The number of nitro benzene ring substituents is 1. The molecule has 1 amide bonds. The number of non-ortho nitro benzene ring substituents is 1. The highest BCUT2D eigenvalue weighted by molar-refractivity contribution is 7.14. The summed E-state index contributed by atoms with van der Waals surface area (Å²) in [7, 11) is 0. The van der Waals surface area contributed by atoms with Crippen LogP contribution in [-0.4, -0.2) is 20.4 Å². The third-order valence-electron chi connectivity index (χ3n) is 4.72. The minimum absolute atomic E-state index is 0.142. The molecule has 0 spiro atoms. The molecular formula is C20H18N4O6S. The summed E-state index contributed by atoms with van der Waals surface area (Å²) in [4.78, 5) is 39.1. The molecule has 0 aliphatic heterocycles. The van der Waals surface area contributed by atoms with Gasteiger partial charge in [0, 0.05) is 30.0 Å². The zero-order chi connectivity index (χ0) is 22.1. The second kappa shape index (κ2) is 8.19. The van der Waals surface area contributed by atoms with Crippen LogP contribution in [0.3, 0.4) is 0 Å². The van der Waals surface area contributed by atoms with Crippen LogP contribution in [-0.2, 0) is 11.3 Å². The number of thiazole rings is 1. The lowest BCUT2D eigenvalue weighted by atomic mass is 10.2. The molecular weight excluding hydrogens is 424 g/mol. The second-order valence-corrected chi connectivity index (χ2v) is 7.80. The van der Waals surface area contributed by atoms with Crippen molar-refractivity contribution in [3.05, 3.63) is 61.8 Å². The van der Waals surface area contributed by atoms with Gasteiger partial charge in [-0.2, -0.15) is 0 Å². The Morgan fingerprint density at radius 3 is 2.81 bits per heavy atom. The third kappa shape index (κ3) is 4.26. The molecule has 160 valence electrons. The number of carbonyl (C=O) groups is 1. The average molecular weight is 442 g/mol. The van der Waals surface area contributed by atoms with Crippen molar-refractivity contribution in [2.24, 2.45) is 0 Å². The van der Waals surface area contributed by atoms with E-state index in [1.165, 1.54) is 34.1 Å². The van der Waals surface area contributed by atoms with Crippen molar-refractivity contribution in [3.8, 4) is 11.3 Å². The smallest absolute Gasteiger partial charge is 0.419 e. The van der Waals surface area contributed by atoms with Gasteiger partial charge in [-0.3, -0.25) is 19.5 Å². The summed E-state index contributed by atoms with van der Waals surface area (Å²) in [6, 6.07) is 5.89. The van der Waals surface area contributed by atoms with Crippen molar-refractivity contribution >= 4 is 39.2 Å². The highest BCUT2D eigenvalue weighted by Crippen LogP contribution is 2.29. The predicted molar refractivity (Wildman–Crippen MR) is 114 cm³/mol. The number of furan rings is 1. The Balaban J connectivity index is 1.37. The van der Waals surface area contributed by atoms with Gasteiger partial charge >= 0.3 is 5.76 Å². The number of nitrogens with zero attached hydrogens (tertiary/aromatic N) is 3. The summed E-state index contributed by atoms with van der Waals surface area (Å²) in [5.41, 5.74) is 2.06. The topological polar surface area (TPSA) is 133 Å². The van der Waals surface area contributed by atoms with Crippen LogP contribution in [0.2, 0.25) is 0 Å². The Hall–Kier alpha value is -3.73. The van der Waals surface area contributed by atoms with E-state index in [9.17, 15) is 19.7 Å². The van der Waals surface area contributed by atoms with Gasteiger partial charge in [0.15, 0.2) is 10.7 Å². The second-order valence-electron chi connectivity index (χ2n) is 6.95. The van der Waals surface area contributed by atoms with E-state index in [4.69, 9.17) is 8.83 Å². The first-order valence-electron chi connectivity index (χ1n) is 9.42. The summed E-state index contributed by atoms with van der Waals surface area (Å²) in [6.07, 6.45) is 0.556. The molecule has 31 heavy (non-hydrogen) atoms. The van der Waals surface area contributed by atoms with Crippen LogP contribution in [0.15, 0.2) is 43.3 Å². The fraction of sp³-hybridized carbons (Fsp3) is 0.250. The summed E-state index contributed by atoms with van der Waals surface area (Å²) in [6.45, 7) is 3.97. The van der Waals surface area contributed by atoms with E-state index in [1.807, 2.05) is 25.3 Å². The van der Waals surface area contributed by atoms with E-state index in [2.05, 4.69) is 10.3 Å². The predicted octanol–water partition coefficient (Wildman–Crippen LogP) is 4.25. The molecule has 0 saturated heterocycles. The summed E-state index contributed by atoms with van der Waals surface area (Å²) in [5, 5.41) is 16.0. The average Bonchev–Trinajstić information content (AvgIpc) is 3.38.